The smallest absolute Gasteiger partial charge is 0.0991 e. The van der Waals surface area contributed by atoms with Crippen molar-refractivity contribution in [1.29, 1.82) is 5.26 Å². The lowest BCUT2D eigenvalue weighted by Crippen LogP contribution is -2.13. The molecule has 2 rings (SSSR count). The SMILES string of the molecule is Cc1cc(C#N)ccc1CNCc1ccc(CO)cc1. The van der Waals surface area contributed by atoms with E-state index in [2.05, 4.69) is 11.4 Å². The van der Waals surface area contributed by atoms with E-state index in [-0.39, 0.29) is 6.61 Å². The molecule has 0 aliphatic heterocycles. The van der Waals surface area contributed by atoms with Crippen molar-refractivity contribution in [3.63, 3.8) is 0 Å². The summed E-state index contributed by atoms with van der Waals surface area (Å²) in [6, 6.07) is 15.8. The van der Waals surface area contributed by atoms with Crippen molar-refractivity contribution in [2.24, 2.45) is 0 Å². The Balaban J connectivity index is 1.91. The van der Waals surface area contributed by atoms with Crippen LogP contribution in [0.25, 0.3) is 0 Å². The Morgan fingerprint density at radius 2 is 1.75 bits per heavy atom. The fourth-order valence-corrected chi connectivity index (χ4v) is 2.07. The molecule has 0 aliphatic rings. The van der Waals surface area contributed by atoms with Crippen molar-refractivity contribution in [2.45, 2.75) is 26.6 Å². The van der Waals surface area contributed by atoms with Crippen LogP contribution in [0.2, 0.25) is 0 Å². The molecule has 102 valence electrons. The van der Waals surface area contributed by atoms with Crippen LogP contribution in [0.3, 0.4) is 0 Å². The summed E-state index contributed by atoms with van der Waals surface area (Å²) in [6.07, 6.45) is 0. The standard InChI is InChI=1S/C17H18N2O/c1-13-8-16(9-18)6-7-17(13)11-19-10-14-2-4-15(12-20)5-3-14/h2-8,19-20H,10-12H2,1H3. The minimum absolute atomic E-state index is 0.0815. The van der Waals surface area contributed by atoms with Crippen molar-refractivity contribution in [3.8, 4) is 6.07 Å². The monoisotopic (exact) mass is 266 g/mol. The molecule has 0 aliphatic carbocycles. The van der Waals surface area contributed by atoms with E-state index in [1.54, 1.807) is 0 Å². The molecule has 0 bridgehead atoms. The molecule has 2 aromatic carbocycles. The number of nitriles is 1. The molecular weight excluding hydrogens is 248 g/mol. The number of aliphatic hydroxyl groups is 1. The number of hydrogen-bond donors (Lipinski definition) is 2. The molecule has 3 nitrogen and oxygen atoms in total. The van der Waals surface area contributed by atoms with Crippen molar-refractivity contribution in [1.82, 2.24) is 5.32 Å². The maximum atomic E-state index is 8.99. The fourth-order valence-electron chi connectivity index (χ4n) is 2.07. The second-order valence-electron chi connectivity index (χ2n) is 4.83. The molecule has 0 atom stereocenters. The summed E-state index contributed by atoms with van der Waals surface area (Å²) in [7, 11) is 0. The van der Waals surface area contributed by atoms with Gasteiger partial charge in [0.15, 0.2) is 0 Å². The first-order chi connectivity index (χ1) is 9.72. The van der Waals surface area contributed by atoms with Crippen molar-refractivity contribution in [3.05, 3.63) is 70.3 Å². The van der Waals surface area contributed by atoms with Gasteiger partial charge in [-0.1, -0.05) is 30.3 Å². The lowest BCUT2D eigenvalue weighted by atomic mass is 10.1. The van der Waals surface area contributed by atoms with E-state index in [9.17, 15) is 0 Å². The highest BCUT2D eigenvalue weighted by molar-refractivity contribution is 5.37. The lowest BCUT2D eigenvalue weighted by molar-refractivity contribution is 0.282. The molecule has 3 heteroatoms. The summed E-state index contributed by atoms with van der Waals surface area (Å²) in [5, 5.41) is 21.2. The predicted octanol–water partition coefficient (Wildman–Crippen LogP) is 2.65. The van der Waals surface area contributed by atoms with Crippen molar-refractivity contribution >= 4 is 0 Å². The zero-order chi connectivity index (χ0) is 14.4. The number of aryl methyl sites for hydroxylation is 1. The second-order valence-corrected chi connectivity index (χ2v) is 4.83. The minimum atomic E-state index is 0.0815. The summed E-state index contributed by atoms with van der Waals surface area (Å²) >= 11 is 0. The van der Waals surface area contributed by atoms with Gasteiger partial charge in [0.1, 0.15) is 0 Å². The lowest BCUT2D eigenvalue weighted by Gasteiger charge is -2.08. The summed E-state index contributed by atoms with van der Waals surface area (Å²) in [6.45, 7) is 3.66. The summed E-state index contributed by atoms with van der Waals surface area (Å²) in [5.41, 5.74) is 5.15. The largest absolute Gasteiger partial charge is 0.392 e. The van der Waals surface area contributed by atoms with Crippen LogP contribution in [0.1, 0.15) is 27.8 Å². The molecule has 0 radical (unpaired) electrons. The topological polar surface area (TPSA) is 56.0 Å². The van der Waals surface area contributed by atoms with Crippen LogP contribution in [0, 0.1) is 18.3 Å². The number of hydrogen-bond acceptors (Lipinski definition) is 3. The molecule has 0 saturated heterocycles. The van der Waals surface area contributed by atoms with Gasteiger partial charge < -0.3 is 10.4 Å². The zero-order valence-electron chi connectivity index (χ0n) is 11.6. The van der Waals surface area contributed by atoms with Crippen LogP contribution in [-0.2, 0) is 19.7 Å². The molecule has 0 amide bonds. The van der Waals surface area contributed by atoms with E-state index < -0.39 is 0 Å². The highest BCUT2D eigenvalue weighted by atomic mass is 16.3. The Bertz CT molecular complexity index is 612. The van der Waals surface area contributed by atoms with Crippen molar-refractivity contribution in [2.75, 3.05) is 0 Å². The molecule has 20 heavy (non-hydrogen) atoms. The van der Waals surface area contributed by atoms with Gasteiger partial charge in [0, 0.05) is 13.1 Å². The highest BCUT2D eigenvalue weighted by Gasteiger charge is 2.00. The molecule has 0 unspecified atom stereocenters. The van der Waals surface area contributed by atoms with Crippen LogP contribution in [-0.4, -0.2) is 5.11 Å². The first-order valence-electron chi connectivity index (χ1n) is 6.62. The third-order valence-electron chi connectivity index (χ3n) is 3.32. The molecule has 0 spiro atoms. The van der Waals surface area contributed by atoms with Gasteiger partial charge in [0.2, 0.25) is 0 Å². The summed E-state index contributed by atoms with van der Waals surface area (Å²) in [4.78, 5) is 0. The highest BCUT2D eigenvalue weighted by Crippen LogP contribution is 2.11. The molecular formula is C17H18N2O. The average molecular weight is 266 g/mol. The summed E-state index contributed by atoms with van der Waals surface area (Å²) < 4.78 is 0. The third-order valence-corrected chi connectivity index (χ3v) is 3.32. The Hall–Kier alpha value is -2.15. The van der Waals surface area contributed by atoms with Gasteiger partial charge in [-0.15, -0.1) is 0 Å². The normalized spacial score (nSPS) is 10.2. The fraction of sp³-hybridized carbons (Fsp3) is 0.235. The van der Waals surface area contributed by atoms with Gasteiger partial charge in [-0.25, -0.2) is 0 Å². The number of aliphatic hydroxyl groups excluding tert-OH is 1. The van der Waals surface area contributed by atoms with E-state index in [0.29, 0.717) is 5.56 Å². The number of nitrogens with one attached hydrogen (secondary N) is 1. The predicted molar refractivity (Wildman–Crippen MR) is 78.8 cm³/mol. The van der Waals surface area contributed by atoms with E-state index in [0.717, 1.165) is 24.2 Å². The van der Waals surface area contributed by atoms with Gasteiger partial charge in [0.25, 0.3) is 0 Å². The van der Waals surface area contributed by atoms with E-state index in [4.69, 9.17) is 10.4 Å². The van der Waals surface area contributed by atoms with Gasteiger partial charge in [-0.05, 0) is 41.3 Å². The Labute approximate surface area is 119 Å². The van der Waals surface area contributed by atoms with E-state index >= 15 is 0 Å². The average Bonchev–Trinajstić information content (AvgIpc) is 2.49. The first kappa shape index (κ1) is 14.3. The quantitative estimate of drug-likeness (QED) is 0.874. The van der Waals surface area contributed by atoms with E-state index in [1.165, 1.54) is 11.1 Å². The molecule has 2 aromatic rings. The van der Waals surface area contributed by atoms with Crippen LogP contribution in [0.4, 0.5) is 0 Å². The van der Waals surface area contributed by atoms with Gasteiger partial charge in [0.05, 0.1) is 18.2 Å². The molecule has 0 saturated carbocycles. The van der Waals surface area contributed by atoms with Gasteiger partial charge >= 0.3 is 0 Å². The Kier molecular flexibility index (Phi) is 4.89. The first-order valence-corrected chi connectivity index (χ1v) is 6.62. The molecule has 0 aromatic heterocycles. The number of benzene rings is 2. The number of nitrogens with zero attached hydrogens (tertiary/aromatic N) is 1. The number of rotatable bonds is 5. The molecule has 0 fully saturated rings. The Morgan fingerprint density at radius 1 is 1.05 bits per heavy atom. The summed E-state index contributed by atoms with van der Waals surface area (Å²) in [5.74, 6) is 0. The van der Waals surface area contributed by atoms with Crippen LogP contribution < -0.4 is 5.32 Å². The van der Waals surface area contributed by atoms with E-state index in [1.807, 2.05) is 49.4 Å². The third kappa shape index (κ3) is 3.67. The molecule has 2 N–H and O–H groups in total. The van der Waals surface area contributed by atoms with Crippen LogP contribution in [0.5, 0.6) is 0 Å². The zero-order valence-corrected chi connectivity index (χ0v) is 11.6. The van der Waals surface area contributed by atoms with Gasteiger partial charge in [-0.2, -0.15) is 5.26 Å². The van der Waals surface area contributed by atoms with Crippen molar-refractivity contribution < 1.29 is 5.11 Å². The van der Waals surface area contributed by atoms with Crippen LogP contribution >= 0.6 is 0 Å². The maximum Gasteiger partial charge on any atom is 0.0991 e. The van der Waals surface area contributed by atoms with Gasteiger partial charge in [-0.3, -0.25) is 0 Å². The maximum absolute atomic E-state index is 8.99. The van der Waals surface area contributed by atoms with Crippen LogP contribution in [0.15, 0.2) is 42.5 Å². The Morgan fingerprint density at radius 3 is 2.35 bits per heavy atom. The minimum Gasteiger partial charge on any atom is -0.392 e. The second kappa shape index (κ2) is 6.85. The molecule has 0 heterocycles.